The molecule has 2 nitrogen and oxygen atoms in total. The van der Waals surface area contributed by atoms with Crippen LogP contribution in [0.15, 0.2) is 0 Å². The van der Waals surface area contributed by atoms with Crippen molar-refractivity contribution >= 4 is 18.6 Å². The first kappa shape index (κ1) is 11.3. The summed E-state index contributed by atoms with van der Waals surface area (Å²) in [6.07, 6.45) is 0.156. The van der Waals surface area contributed by atoms with Crippen LogP contribution in [0.25, 0.3) is 0 Å². The predicted molar refractivity (Wildman–Crippen MR) is 27.2 cm³/mol. The van der Waals surface area contributed by atoms with Crippen LogP contribution in [0, 0.1) is 0 Å². The van der Waals surface area contributed by atoms with Crippen LogP contribution >= 0.6 is 12.6 Å². The van der Waals surface area contributed by atoms with Gasteiger partial charge in [0.2, 0.25) is 0 Å². The van der Waals surface area contributed by atoms with E-state index in [0.29, 0.717) is 5.75 Å². The van der Waals surface area contributed by atoms with Crippen molar-refractivity contribution in [3.63, 3.8) is 0 Å². The van der Waals surface area contributed by atoms with Crippen LogP contribution in [0.1, 0.15) is 7.85 Å². The van der Waals surface area contributed by atoms with E-state index in [0.717, 1.165) is 0 Å². The first-order chi connectivity index (χ1) is 2.77. The monoisotopic (exact) mass is 146 g/mol. The van der Waals surface area contributed by atoms with E-state index in [-0.39, 0.29) is 59.2 Å². The molecule has 0 unspecified atom stereocenters. The quantitative estimate of drug-likeness (QED) is 0.334. The van der Waals surface area contributed by atoms with Crippen molar-refractivity contribution < 1.29 is 62.7 Å². The van der Waals surface area contributed by atoms with Crippen LogP contribution in [0.2, 0.25) is 0 Å². The average molecular weight is 146 g/mol. The number of rotatable bonds is 2. The zero-order valence-corrected chi connectivity index (χ0v) is 8.23. The summed E-state index contributed by atoms with van der Waals surface area (Å²) in [6.45, 7) is 0. The molecule has 4 heteroatoms. The number of hydrogen-bond donors (Lipinski definition) is 2. The number of carbonyl (C=O) groups is 1. The number of thiol groups is 1. The zero-order chi connectivity index (χ0) is 4.99. The molecule has 0 aliphatic heterocycles. The molecule has 0 aromatic carbocycles. The third kappa shape index (κ3) is 11.2. The van der Waals surface area contributed by atoms with Crippen molar-refractivity contribution in [1.82, 2.24) is 0 Å². The number of aliphatic carboxylic acids is 1. The number of carboxylic acids is 1. The summed E-state index contributed by atoms with van der Waals surface area (Å²) in [5.41, 5.74) is 0. The molecule has 0 bridgehead atoms. The molecule has 0 saturated carbocycles. The Balaban J connectivity index is -0.000000125. The van der Waals surface area contributed by atoms with E-state index in [1.54, 1.807) is 0 Å². The second-order valence-electron chi connectivity index (χ2n) is 0.867. The summed E-state index contributed by atoms with van der Waals surface area (Å²) >= 11 is 3.68. The minimum Gasteiger partial charge on any atom is -1.00 e. The van der Waals surface area contributed by atoms with Crippen molar-refractivity contribution in [3.05, 3.63) is 0 Å². The van der Waals surface area contributed by atoms with E-state index < -0.39 is 5.97 Å². The number of carboxylic acid groups (broad SMARTS) is 1. The molecule has 0 heterocycles. The van der Waals surface area contributed by atoms with Gasteiger partial charge in [-0.25, -0.2) is 0 Å². The summed E-state index contributed by atoms with van der Waals surface area (Å²) in [5, 5.41) is 7.86. The van der Waals surface area contributed by atoms with E-state index in [4.69, 9.17) is 5.11 Å². The Morgan fingerprint density at radius 1 is 1.86 bits per heavy atom. The Kier molecular flexibility index (Phi) is 12.0. The molecule has 38 valence electrons. The van der Waals surface area contributed by atoms with Gasteiger partial charge in [0.25, 0.3) is 0 Å². The van der Waals surface area contributed by atoms with Gasteiger partial charge in [-0.15, -0.1) is 0 Å². The maximum absolute atomic E-state index is 9.55. The topological polar surface area (TPSA) is 37.3 Å². The molecule has 0 atom stereocenters. The van der Waals surface area contributed by atoms with Gasteiger partial charge >= 0.3 is 57.4 Å². The van der Waals surface area contributed by atoms with Crippen molar-refractivity contribution in [2.45, 2.75) is 6.42 Å². The second kappa shape index (κ2) is 7.46. The van der Waals surface area contributed by atoms with Crippen molar-refractivity contribution in [2.75, 3.05) is 5.75 Å². The van der Waals surface area contributed by atoms with Gasteiger partial charge in [-0.3, -0.25) is 4.79 Å². The fourth-order valence-electron chi connectivity index (χ4n) is 0.0956. The Morgan fingerprint density at radius 3 is 2.29 bits per heavy atom. The van der Waals surface area contributed by atoms with E-state index in [1.807, 2.05) is 0 Å². The average Bonchev–Trinajstić information content (AvgIpc) is 1.35. The van der Waals surface area contributed by atoms with Crippen LogP contribution in [-0.4, -0.2) is 16.8 Å². The SMILES string of the molecule is O=C(O)CCS.[H-].[K+]. The molecule has 0 rings (SSSR count). The van der Waals surface area contributed by atoms with E-state index >= 15 is 0 Å². The summed E-state index contributed by atoms with van der Waals surface area (Å²) in [4.78, 5) is 9.55. The smallest absolute Gasteiger partial charge is 1.00 e. The number of hydrogen-bond acceptors (Lipinski definition) is 2. The largest absolute Gasteiger partial charge is 1.00 e. The molecule has 1 N–H and O–H groups in total. The standard InChI is InChI=1S/C3H6O2S.K.H/c4-3(5)1-2-6;;/h6H,1-2H2,(H,4,5);;/q;+1;-1. The first-order valence-corrected chi connectivity index (χ1v) is 2.23. The molecule has 0 fully saturated rings. The maximum Gasteiger partial charge on any atom is 1.00 e. The molecular formula is C3H7KO2S. The minimum atomic E-state index is -0.787. The van der Waals surface area contributed by atoms with Gasteiger partial charge in [-0.1, -0.05) is 0 Å². The van der Waals surface area contributed by atoms with Gasteiger partial charge in [0.1, 0.15) is 0 Å². The molecule has 0 aromatic heterocycles. The zero-order valence-electron chi connectivity index (χ0n) is 5.22. The van der Waals surface area contributed by atoms with Crippen molar-refractivity contribution in [2.24, 2.45) is 0 Å². The van der Waals surface area contributed by atoms with Crippen molar-refractivity contribution in [1.29, 1.82) is 0 Å². The Labute approximate surface area is 92.0 Å². The van der Waals surface area contributed by atoms with E-state index in [2.05, 4.69) is 12.6 Å². The third-order valence-electron chi connectivity index (χ3n) is 0.326. The molecule has 0 spiro atoms. The van der Waals surface area contributed by atoms with E-state index in [9.17, 15) is 4.79 Å². The van der Waals surface area contributed by atoms with Gasteiger partial charge in [-0.05, 0) is 0 Å². The predicted octanol–water partition coefficient (Wildman–Crippen LogP) is -2.49. The van der Waals surface area contributed by atoms with Crippen LogP contribution < -0.4 is 51.4 Å². The maximum atomic E-state index is 9.55. The van der Waals surface area contributed by atoms with Crippen LogP contribution in [-0.2, 0) is 4.79 Å². The summed E-state index contributed by atoms with van der Waals surface area (Å²) in [7, 11) is 0. The molecular weight excluding hydrogens is 139 g/mol. The summed E-state index contributed by atoms with van der Waals surface area (Å²) in [6, 6.07) is 0. The normalized spacial score (nSPS) is 7.00. The van der Waals surface area contributed by atoms with Gasteiger partial charge < -0.3 is 6.53 Å². The van der Waals surface area contributed by atoms with Gasteiger partial charge in [-0.2, -0.15) is 12.6 Å². The van der Waals surface area contributed by atoms with Gasteiger partial charge in [0.15, 0.2) is 0 Å². The fourth-order valence-corrected chi connectivity index (χ4v) is 0.287. The Bertz CT molecular complexity index is 61.2. The van der Waals surface area contributed by atoms with Crippen LogP contribution in [0.5, 0.6) is 0 Å². The third-order valence-corrected chi connectivity index (χ3v) is 0.549. The molecule has 0 saturated heterocycles. The van der Waals surface area contributed by atoms with Gasteiger partial charge in [0, 0.05) is 5.75 Å². The molecule has 0 radical (unpaired) electrons. The van der Waals surface area contributed by atoms with E-state index in [1.165, 1.54) is 0 Å². The molecule has 0 aromatic rings. The van der Waals surface area contributed by atoms with Crippen LogP contribution in [0.4, 0.5) is 0 Å². The summed E-state index contributed by atoms with van der Waals surface area (Å²) < 4.78 is 0. The Hall–Kier alpha value is 1.46. The second-order valence-corrected chi connectivity index (χ2v) is 1.31. The molecule has 7 heavy (non-hydrogen) atoms. The van der Waals surface area contributed by atoms with Crippen LogP contribution in [0.3, 0.4) is 0 Å². The molecule has 0 amide bonds. The summed E-state index contributed by atoms with van der Waals surface area (Å²) in [5.74, 6) is -0.361. The Morgan fingerprint density at radius 2 is 2.29 bits per heavy atom. The first-order valence-electron chi connectivity index (χ1n) is 1.60. The molecule has 0 aliphatic rings. The fraction of sp³-hybridized carbons (Fsp3) is 0.667. The molecule has 0 aliphatic carbocycles. The van der Waals surface area contributed by atoms with Crippen molar-refractivity contribution in [3.8, 4) is 0 Å². The minimum absolute atomic E-state index is 0. The van der Waals surface area contributed by atoms with Gasteiger partial charge in [0.05, 0.1) is 6.42 Å².